The van der Waals surface area contributed by atoms with E-state index in [4.69, 9.17) is 0 Å². The highest BCUT2D eigenvalue weighted by Gasteiger charge is 2.30. The molecule has 1 amide bonds. The molecule has 7 heteroatoms. The van der Waals surface area contributed by atoms with Crippen molar-refractivity contribution in [1.82, 2.24) is 14.8 Å². The Balaban J connectivity index is 1.27. The number of nitrogens with zero attached hydrogens (tertiary/aromatic N) is 4. The molecule has 3 aromatic rings. The summed E-state index contributed by atoms with van der Waals surface area (Å²) in [5, 5.41) is 12.8. The van der Waals surface area contributed by atoms with Crippen LogP contribution in [0.3, 0.4) is 0 Å². The van der Waals surface area contributed by atoms with Gasteiger partial charge in [0, 0.05) is 19.0 Å². The largest absolute Gasteiger partial charge is 0.370 e. The molecule has 1 aliphatic carbocycles. The molecule has 0 atom stereocenters. The number of carbonyl (C=O) groups is 1. The third kappa shape index (κ3) is 4.77. The van der Waals surface area contributed by atoms with E-state index in [1.807, 2.05) is 24.3 Å². The van der Waals surface area contributed by atoms with Crippen LogP contribution in [-0.4, -0.2) is 39.5 Å². The molecule has 0 unspecified atom stereocenters. The summed E-state index contributed by atoms with van der Waals surface area (Å²) in [6.07, 6.45) is 4.76. The number of hydrogen-bond acceptors (Lipinski definition) is 5. The Kier molecular flexibility index (Phi) is 5.93. The second-order valence-electron chi connectivity index (χ2n) is 8.23. The number of anilines is 2. The highest BCUT2D eigenvalue weighted by Crippen LogP contribution is 2.40. The van der Waals surface area contributed by atoms with Gasteiger partial charge in [-0.2, -0.15) is 0 Å². The van der Waals surface area contributed by atoms with Gasteiger partial charge < -0.3 is 14.8 Å². The standard InChI is InChI=1S/C24H27N5OS/c30-22(25-20-10-4-5-11-21(20)28-14-6-7-15-28)17-31-24-27-26-23(19-12-13-19)29(24)16-18-8-2-1-3-9-18/h1-5,8-11,19H,6-7,12-17H2,(H,25,30). The van der Waals surface area contributed by atoms with Crippen LogP contribution in [0.4, 0.5) is 11.4 Å². The molecular weight excluding hydrogens is 406 g/mol. The highest BCUT2D eigenvalue weighted by atomic mass is 32.2. The Hall–Kier alpha value is -2.80. The minimum atomic E-state index is -0.0149. The fourth-order valence-electron chi connectivity index (χ4n) is 4.09. The van der Waals surface area contributed by atoms with Gasteiger partial charge >= 0.3 is 0 Å². The molecular formula is C24H27N5OS. The lowest BCUT2D eigenvalue weighted by atomic mass is 10.2. The molecule has 5 rings (SSSR count). The van der Waals surface area contributed by atoms with Crippen LogP contribution in [-0.2, 0) is 11.3 Å². The van der Waals surface area contributed by atoms with E-state index in [2.05, 4.69) is 55.3 Å². The first-order valence-electron chi connectivity index (χ1n) is 11.0. The van der Waals surface area contributed by atoms with Crippen molar-refractivity contribution in [2.45, 2.75) is 43.3 Å². The van der Waals surface area contributed by atoms with Gasteiger partial charge in [-0.25, -0.2) is 0 Å². The van der Waals surface area contributed by atoms with Crippen LogP contribution < -0.4 is 10.2 Å². The van der Waals surface area contributed by atoms with Crippen molar-refractivity contribution < 1.29 is 4.79 Å². The number of carbonyl (C=O) groups excluding carboxylic acids is 1. The van der Waals surface area contributed by atoms with Crippen molar-refractivity contribution in [1.29, 1.82) is 0 Å². The Morgan fingerprint density at radius 1 is 1.00 bits per heavy atom. The second kappa shape index (κ2) is 9.14. The van der Waals surface area contributed by atoms with Crippen LogP contribution in [0, 0.1) is 0 Å². The first-order valence-corrected chi connectivity index (χ1v) is 12.0. The number of benzene rings is 2. The first-order chi connectivity index (χ1) is 15.3. The molecule has 1 aliphatic heterocycles. The fraction of sp³-hybridized carbons (Fsp3) is 0.375. The van der Waals surface area contributed by atoms with Gasteiger partial charge in [0.15, 0.2) is 5.16 Å². The highest BCUT2D eigenvalue weighted by molar-refractivity contribution is 7.99. The van der Waals surface area contributed by atoms with Gasteiger partial charge in [0.2, 0.25) is 5.91 Å². The summed E-state index contributed by atoms with van der Waals surface area (Å²) in [5.74, 6) is 1.85. The first kappa shape index (κ1) is 20.1. The number of hydrogen-bond donors (Lipinski definition) is 1. The Morgan fingerprint density at radius 3 is 2.52 bits per heavy atom. The maximum atomic E-state index is 12.8. The number of rotatable bonds is 8. The summed E-state index contributed by atoms with van der Waals surface area (Å²) in [5.41, 5.74) is 3.22. The van der Waals surface area contributed by atoms with Gasteiger partial charge in [-0.1, -0.05) is 54.2 Å². The van der Waals surface area contributed by atoms with Crippen molar-refractivity contribution in [2.24, 2.45) is 0 Å². The number of aromatic nitrogens is 3. The predicted octanol–water partition coefficient (Wildman–Crippen LogP) is 4.53. The molecule has 2 aromatic carbocycles. The molecule has 1 aromatic heterocycles. The maximum absolute atomic E-state index is 12.8. The summed E-state index contributed by atoms with van der Waals surface area (Å²) in [7, 11) is 0. The van der Waals surface area contributed by atoms with Crippen molar-refractivity contribution in [3.8, 4) is 0 Å². The zero-order chi connectivity index (χ0) is 21.0. The molecule has 2 heterocycles. The summed E-state index contributed by atoms with van der Waals surface area (Å²) >= 11 is 1.46. The van der Waals surface area contributed by atoms with Gasteiger partial charge in [-0.15, -0.1) is 10.2 Å². The third-order valence-electron chi connectivity index (χ3n) is 5.83. The van der Waals surface area contributed by atoms with Gasteiger partial charge in [0.05, 0.1) is 23.7 Å². The molecule has 1 saturated carbocycles. The summed E-state index contributed by atoms with van der Waals surface area (Å²) in [4.78, 5) is 15.1. The van der Waals surface area contributed by atoms with Crippen LogP contribution in [0.15, 0.2) is 59.8 Å². The molecule has 6 nitrogen and oxygen atoms in total. The number of para-hydroxylation sites is 2. The Bertz CT molecular complexity index is 1040. The molecule has 0 spiro atoms. The van der Waals surface area contributed by atoms with Gasteiger partial charge in [0.25, 0.3) is 0 Å². The summed E-state index contributed by atoms with van der Waals surface area (Å²) in [6.45, 7) is 2.84. The average Bonchev–Trinajstić information content (AvgIpc) is 3.33. The lowest BCUT2D eigenvalue weighted by Gasteiger charge is -2.21. The van der Waals surface area contributed by atoms with Gasteiger partial charge in [0.1, 0.15) is 5.82 Å². The number of amides is 1. The number of nitrogens with one attached hydrogen (secondary N) is 1. The van der Waals surface area contributed by atoms with E-state index in [0.717, 1.165) is 42.0 Å². The van der Waals surface area contributed by atoms with Gasteiger partial charge in [-0.05, 0) is 43.4 Å². The number of thioether (sulfide) groups is 1. The Labute approximate surface area is 187 Å². The summed E-state index contributed by atoms with van der Waals surface area (Å²) < 4.78 is 2.18. The van der Waals surface area contributed by atoms with Crippen LogP contribution in [0.2, 0.25) is 0 Å². The van der Waals surface area contributed by atoms with Crippen molar-refractivity contribution in [3.05, 3.63) is 66.0 Å². The maximum Gasteiger partial charge on any atom is 0.234 e. The van der Waals surface area contributed by atoms with Crippen LogP contribution in [0.5, 0.6) is 0 Å². The van der Waals surface area contributed by atoms with Crippen molar-refractivity contribution in [3.63, 3.8) is 0 Å². The molecule has 160 valence electrons. The minimum Gasteiger partial charge on any atom is -0.370 e. The van der Waals surface area contributed by atoms with E-state index in [1.165, 1.54) is 43.0 Å². The monoisotopic (exact) mass is 433 g/mol. The van der Waals surface area contributed by atoms with Crippen LogP contribution in [0.25, 0.3) is 0 Å². The van der Waals surface area contributed by atoms with E-state index in [-0.39, 0.29) is 5.91 Å². The lowest BCUT2D eigenvalue weighted by Crippen LogP contribution is -2.21. The smallest absolute Gasteiger partial charge is 0.234 e. The SMILES string of the molecule is O=C(CSc1nnc(C2CC2)n1Cc1ccccc1)Nc1ccccc1N1CCCC1. The zero-order valence-electron chi connectivity index (χ0n) is 17.5. The molecule has 31 heavy (non-hydrogen) atoms. The topological polar surface area (TPSA) is 63.1 Å². The molecule has 2 aliphatic rings. The van der Waals surface area contributed by atoms with Crippen LogP contribution >= 0.6 is 11.8 Å². The Morgan fingerprint density at radius 2 is 1.74 bits per heavy atom. The summed E-state index contributed by atoms with van der Waals surface area (Å²) in [6, 6.07) is 18.4. The van der Waals surface area contributed by atoms with Crippen molar-refractivity contribution in [2.75, 3.05) is 29.1 Å². The van der Waals surface area contributed by atoms with E-state index >= 15 is 0 Å². The quantitative estimate of drug-likeness (QED) is 0.529. The zero-order valence-corrected chi connectivity index (χ0v) is 18.4. The van der Waals surface area contributed by atoms with E-state index < -0.39 is 0 Å². The fourth-order valence-corrected chi connectivity index (χ4v) is 4.84. The normalized spacial score (nSPS) is 15.9. The predicted molar refractivity (Wildman–Crippen MR) is 125 cm³/mol. The lowest BCUT2D eigenvalue weighted by molar-refractivity contribution is -0.113. The molecule has 1 N–H and O–H groups in total. The second-order valence-corrected chi connectivity index (χ2v) is 9.18. The molecule has 0 bridgehead atoms. The van der Waals surface area contributed by atoms with Crippen LogP contribution in [0.1, 0.15) is 43.0 Å². The molecule has 0 radical (unpaired) electrons. The van der Waals surface area contributed by atoms with E-state index in [9.17, 15) is 4.79 Å². The third-order valence-corrected chi connectivity index (χ3v) is 6.80. The van der Waals surface area contributed by atoms with Crippen molar-refractivity contribution >= 4 is 29.0 Å². The van der Waals surface area contributed by atoms with E-state index in [1.54, 1.807) is 0 Å². The molecule has 2 fully saturated rings. The average molecular weight is 434 g/mol. The van der Waals surface area contributed by atoms with E-state index in [0.29, 0.717) is 11.7 Å². The minimum absolute atomic E-state index is 0.0149. The van der Waals surface area contributed by atoms with Gasteiger partial charge in [-0.3, -0.25) is 4.79 Å². The molecule has 1 saturated heterocycles.